The van der Waals surface area contributed by atoms with Gasteiger partial charge in [0.2, 0.25) is 0 Å². The third-order valence-electron chi connectivity index (χ3n) is 2.73. The number of ether oxygens (including phenoxy) is 1. The SMILES string of the molecule is CC(C)/C=C/C(=O)N1C(=O)OC[C@@H]1C(C)(C)C. The van der Waals surface area contributed by atoms with Crippen LogP contribution >= 0.6 is 0 Å². The molecule has 1 aliphatic rings. The Morgan fingerprint density at radius 3 is 2.53 bits per heavy atom. The van der Waals surface area contributed by atoms with Crippen molar-refractivity contribution in [1.29, 1.82) is 0 Å². The molecule has 1 atom stereocenters. The third kappa shape index (κ3) is 3.32. The van der Waals surface area contributed by atoms with E-state index in [1.54, 1.807) is 6.08 Å². The molecule has 0 radical (unpaired) electrons. The average molecular weight is 239 g/mol. The Morgan fingerprint density at radius 1 is 1.47 bits per heavy atom. The average Bonchev–Trinajstić information content (AvgIpc) is 2.56. The molecule has 96 valence electrons. The van der Waals surface area contributed by atoms with Crippen molar-refractivity contribution in [1.82, 2.24) is 4.90 Å². The Morgan fingerprint density at radius 2 is 2.06 bits per heavy atom. The summed E-state index contributed by atoms with van der Waals surface area (Å²) in [6.45, 7) is 10.2. The number of imide groups is 1. The first-order chi connectivity index (χ1) is 7.73. The number of allylic oxidation sites excluding steroid dienone is 1. The zero-order valence-electron chi connectivity index (χ0n) is 11.2. The summed E-state index contributed by atoms with van der Waals surface area (Å²) in [4.78, 5) is 24.7. The smallest absolute Gasteiger partial charge is 0.417 e. The Hall–Kier alpha value is -1.32. The summed E-state index contributed by atoms with van der Waals surface area (Å²) in [6.07, 6.45) is 2.70. The van der Waals surface area contributed by atoms with Crippen molar-refractivity contribution in [2.24, 2.45) is 11.3 Å². The number of rotatable bonds is 2. The summed E-state index contributed by atoms with van der Waals surface area (Å²) >= 11 is 0. The molecule has 0 saturated carbocycles. The van der Waals surface area contributed by atoms with Gasteiger partial charge in [0.15, 0.2) is 0 Å². The van der Waals surface area contributed by atoms with Gasteiger partial charge in [-0.2, -0.15) is 0 Å². The van der Waals surface area contributed by atoms with Gasteiger partial charge in [0.1, 0.15) is 6.61 Å². The second-order valence-corrected chi connectivity index (χ2v) is 5.77. The second-order valence-electron chi connectivity index (χ2n) is 5.77. The van der Waals surface area contributed by atoms with Gasteiger partial charge in [-0.15, -0.1) is 0 Å². The highest BCUT2D eigenvalue weighted by molar-refractivity contribution is 5.99. The molecule has 1 aliphatic heterocycles. The van der Waals surface area contributed by atoms with Crippen LogP contribution in [0.1, 0.15) is 34.6 Å². The number of carbonyl (C=O) groups is 2. The molecular formula is C13H21NO3. The van der Waals surface area contributed by atoms with Gasteiger partial charge >= 0.3 is 6.09 Å². The van der Waals surface area contributed by atoms with E-state index in [0.29, 0.717) is 0 Å². The van der Waals surface area contributed by atoms with E-state index in [1.807, 2.05) is 34.6 Å². The summed E-state index contributed by atoms with van der Waals surface area (Å²) in [5.74, 6) is -0.00761. The molecular weight excluding hydrogens is 218 g/mol. The van der Waals surface area contributed by atoms with Crippen molar-refractivity contribution in [3.05, 3.63) is 12.2 Å². The van der Waals surface area contributed by atoms with Crippen LogP contribution in [0.2, 0.25) is 0 Å². The van der Waals surface area contributed by atoms with Crippen LogP contribution in [0.3, 0.4) is 0 Å². The first kappa shape index (κ1) is 13.7. The summed E-state index contributed by atoms with van der Waals surface area (Å²) in [5.41, 5.74) is -0.173. The lowest BCUT2D eigenvalue weighted by atomic mass is 9.86. The number of amides is 2. The van der Waals surface area contributed by atoms with Crippen LogP contribution < -0.4 is 0 Å². The maximum Gasteiger partial charge on any atom is 0.417 e. The highest BCUT2D eigenvalue weighted by atomic mass is 16.6. The lowest BCUT2D eigenvalue weighted by Crippen LogP contribution is -2.45. The summed E-state index contributed by atoms with van der Waals surface area (Å²) in [7, 11) is 0. The maximum absolute atomic E-state index is 12.0. The molecule has 4 nitrogen and oxygen atoms in total. The van der Waals surface area contributed by atoms with Crippen LogP contribution in [0.25, 0.3) is 0 Å². The highest BCUT2D eigenvalue weighted by Crippen LogP contribution is 2.29. The Balaban J connectivity index is 2.85. The molecule has 1 saturated heterocycles. The van der Waals surface area contributed by atoms with Crippen LogP contribution in [0, 0.1) is 11.3 Å². The maximum atomic E-state index is 12.0. The predicted molar refractivity (Wildman–Crippen MR) is 65.4 cm³/mol. The number of hydrogen-bond acceptors (Lipinski definition) is 3. The molecule has 4 heteroatoms. The van der Waals surface area contributed by atoms with E-state index >= 15 is 0 Å². The van der Waals surface area contributed by atoms with Gasteiger partial charge in [0.05, 0.1) is 6.04 Å². The molecule has 1 heterocycles. The summed E-state index contributed by atoms with van der Waals surface area (Å²) in [5, 5.41) is 0. The molecule has 0 spiro atoms. The van der Waals surface area contributed by atoms with Gasteiger partial charge < -0.3 is 4.74 Å². The minimum absolute atomic E-state index is 0.173. The lowest BCUT2D eigenvalue weighted by Gasteiger charge is -2.30. The van der Waals surface area contributed by atoms with Crippen molar-refractivity contribution < 1.29 is 14.3 Å². The lowest BCUT2D eigenvalue weighted by molar-refractivity contribution is -0.125. The van der Waals surface area contributed by atoms with E-state index in [2.05, 4.69) is 0 Å². The van der Waals surface area contributed by atoms with Crippen molar-refractivity contribution in [2.45, 2.75) is 40.7 Å². The number of carbonyl (C=O) groups excluding carboxylic acids is 2. The zero-order valence-corrected chi connectivity index (χ0v) is 11.2. The van der Waals surface area contributed by atoms with E-state index in [9.17, 15) is 9.59 Å². The van der Waals surface area contributed by atoms with E-state index in [-0.39, 0.29) is 29.9 Å². The fourth-order valence-corrected chi connectivity index (χ4v) is 1.66. The quantitative estimate of drug-likeness (QED) is 0.696. The normalized spacial score (nSPS) is 21.4. The van der Waals surface area contributed by atoms with Gasteiger partial charge in [-0.05, 0) is 17.4 Å². The minimum Gasteiger partial charge on any atom is -0.447 e. The van der Waals surface area contributed by atoms with Crippen LogP contribution in [0.5, 0.6) is 0 Å². The molecule has 1 fully saturated rings. The van der Waals surface area contributed by atoms with Crippen molar-refractivity contribution in [3.63, 3.8) is 0 Å². The fourth-order valence-electron chi connectivity index (χ4n) is 1.66. The molecule has 2 amide bonds. The molecule has 0 bridgehead atoms. The standard InChI is InChI=1S/C13H21NO3/c1-9(2)6-7-11(15)14-10(13(3,4)5)8-17-12(14)16/h6-7,9-10H,8H2,1-5H3/b7-6+/t10-/m1/s1. The number of nitrogens with zero attached hydrogens (tertiary/aromatic N) is 1. The fraction of sp³-hybridized carbons (Fsp3) is 0.692. The van der Waals surface area contributed by atoms with Gasteiger partial charge in [0.25, 0.3) is 5.91 Å². The van der Waals surface area contributed by atoms with E-state index in [4.69, 9.17) is 4.74 Å². The predicted octanol–water partition coefficient (Wildman–Crippen LogP) is 2.59. The van der Waals surface area contributed by atoms with Crippen LogP contribution in [-0.2, 0) is 9.53 Å². The van der Waals surface area contributed by atoms with Crippen LogP contribution in [0.4, 0.5) is 4.79 Å². The Labute approximate surface area is 103 Å². The van der Waals surface area contributed by atoms with Crippen molar-refractivity contribution in [3.8, 4) is 0 Å². The van der Waals surface area contributed by atoms with Gasteiger partial charge in [-0.1, -0.05) is 40.7 Å². The molecule has 17 heavy (non-hydrogen) atoms. The molecule has 0 aromatic rings. The van der Waals surface area contributed by atoms with Gasteiger partial charge in [-0.3, -0.25) is 4.79 Å². The van der Waals surface area contributed by atoms with E-state index in [0.717, 1.165) is 0 Å². The van der Waals surface area contributed by atoms with E-state index < -0.39 is 6.09 Å². The Kier molecular flexibility index (Phi) is 3.96. The molecule has 0 unspecified atom stereocenters. The van der Waals surface area contributed by atoms with Crippen LogP contribution in [0.15, 0.2) is 12.2 Å². The summed E-state index contributed by atoms with van der Waals surface area (Å²) < 4.78 is 4.96. The van der Waals surface area contributed by atoms with Crippen molar-refractivity contribution in [2.75, 3.05) is 6.61 Å². The number of cyclic esters (lactones) is 1. The number of hydrogen-bond donors (Lipinski definition) is 0. The first-order valence-electron chi connectivity index (χ1n) is 5.91. The van der Waals surface area contributed by atoms with Crippen molar-refractivity contribution >= 4 is 12.0 Å². The monoisotopic (exact) mass is 239 g/mol. The zero-order chi connectivity index (χ0) is 13.2. The highest BCUT2D eigenvalue weighted by Gasteiger charge is 2.43. The Bertz CT molecular complexity index is 339. The van der Waals surface area contributed by atoms with Gasteiger partial charge in [-0.25, -0.2) is 9.69 Å². The van der Waals surface area contributed by atoms with Crippen LogP contribution in [-0.4, -0.2) is 29.5 Å². The molecule has 0 aromatic carbocycles. The topological polar surface area (TPSA) is 46.6 Å². The molecule has 0 aromatic heterocycles. The summed E-state index contributed by atoms with van der Waals surface area (Å²) in [6, 6.07) is -0.195. The molecule has 0 aliphatic carbocycles. The minimum atomic E-state index is -0.539. The largest absolute Gasteiger partial charge is 0.447 e. The molecule has 1 rings (SSSR count). The van der Waals surface area contributed by atoms with Gasteiger partial charge in [0, 0.05) is 0 Å². The third-order valence-corrected chi connectivity index (χ3v) is 2.73. The molecule has 0 N–H and O–H groups in total. The first-order valence-corrected chi connectivity index (χ1v) is 5.91. The second kappa shape index (κ2) is 4.90. The van der Waals surface area contributed by atoms with E-state index in [1.165, 1.54) is 11.0 Å².